The summed E-state index contributed by atoms with van der Waals surface area (Å²) in [6.07, 6.45) is 3.15. The number of benzene rings is 1. The highest BCUT2D eigenvalue weighted by atomic mass is 35.5. The molecule has 4 heterocycles. The van der Waals surface area contributed by atoms with Crippen molar-refractivity contribution in [2.45, 2.75) is 39.5 Å². The first-order valence-electron chi connectivity index (χ1n) is 11.9. The average Bonchev–Trinajstić information content (AvgIpc) is 3.48. The van der Waals surface area contributed by atoms with Crippen LogP contribution in [-0.2, 0) is 20.1 Å². The molecule has 204 valence electrons. The van der Waals surface area contributed by atoms with Gasteiger partial charge in [0.2, 0.25) is 5.95 Å². The predicted molar refractivity (Wildman–Crippen MR) is 147 cm³/mol. The summed E-state index contributed by atoms with van der Waals surface area (Å²) in [4.78, 5) is 36.9. The van der Waals surface area contributed by atoms with Gasteiger partial charge in [-0.2, -0.15) is 13.9 Å². The molecule has 0 saturated heterocycles. The summed E-state index contributed by atoms with van der Waals surface area (Å²) >= 11 is 7.20. The topological polar surface area (TPSA) is 110 Å². The molecule has 39 heavy (non-hydrogen) atoms. The fourth-order valence-corrected chi connectivity index (χ4v) is 5.24. The normalized spacial score (nSPS) is 13.7. The SMILES string of the molecule is CSNC(=O)c1nc(Cl)ccc1NC(C)c1cc(C)cc2c(=O)n(C)c(N3Cc4cnn(C(F)F)c4C3)nc12. The molecule has 4 aromatic rings. The highest BCUT2D eigenvalue weighted by Gasteiger charge is 2.29. The van der Waals surface area contributed by atoms with Crippen molar-refractivity contribution in [2.75, 3.05) is 16.5 Å². The van der Waals surface area contributed by atoms with Gasteiger partial charge < -0.3 is 10.2 Å². The summed E-state index contributed by atoms with van der Waals surface area (Å²) in [6.45, 7) is 1.46. The van der Waals surface area contributed by atoms with Crippen LogP contribution in [0, 0.1) is 6.92 Å². The largest absolute Gasteiger partial charge is 0.377 e. The summed E-state index contributed by atoms with van der Waals surface area (Å²) in [5.41, 5.74) is 3.45. The molecule has 0 aliphatic carbocycles. The Morgan fingerprint density at radius 1 is 1.21 bits per heavy atom. The van der Waals surface area contributed by atoms with Gasteiger partial charge in [-0.1, -0.05) is 29.6 Å². The molecular weight excluding hydrogens is 550 g/mol. The first-order chi connectivity index (χ1) is 18.6. The maximum absolute atomic E-state index is 13.5. The molecule has 0 radical (unpaired) electrons. The van der Waals surface area contributed by atoms with E-state index in [4.69, 9.17) is 16.6 Å². The van der Waals surface area contributed by atoms with Crippen LogP contribution in [0.15, 0.2) is 35.3 Å². The van der Waals surface area contributed by atoms with Crippen molar-refractivity contribution >= 4 is 52.0 Å². The number of hydrogen-bond acceptors (Lipinski definition) is 8. The number of halogens is 3. The number of aromatic nitrogens is 5. The lowest BCUT2D eigenvalue weighted by Crippen LogP contribution is -2.29. The van der Waals surface area contributed by atoms with E-state index in [1.165, 1.54) is 10.8 Å². The minimum Gasteiger partial charge on any atom is -0.377 e. The Morgan fingerprint density at radius 3 is 2.69 bits per heavy atom. The molecule has 0 fully saturated rings. The van der Waals surface area contributed by atoms with Gasteiger partial charge in [0.05, 0.1) is 41.1 Å². The van der Waals surface area contributed by atoms with Crippen LogP contribution in [0.25, 0.3) is 10.9 Å². The Labute approximate surface area is 231 Å². The zero-order valence-corrected chi connectivity index (χ0v) is 23.1. The van der Waals surface area contributed by atoms with Gasteiger partial charge >= 0.3 is 6.55 Å². The maximum atomic E-state index is 13.5. The molecule has 5 rings (SSSR count). The van der Waals surface area contributed by atoms with Gasteiger partial charge in [0.1, 0.15) is 5.15 Å². The molecule has 1 amide bonds. The van der Waals surface area contributed by atoms with E-state index in [0.717, 1.165) is 23.1 Å². The highest BCUT2D eigenvalue weighted by Crippen LogP contribution is 2.32. The second-order valence-electron chi connectivity index (χ2n) is 9.25. The molecule has 0 saturated carbocycles. The quantitative estimate of drug-likeness (QED) is 0.244. The molecule has 1 atom stereocenters. The van der Waals surface area contributed by atoms with Gasteiger partial charge in [-0.15, -0.1) is 0 Å². The fraction of sp³-hybridized carbons (Fsp3) is 0.320. The molecule has 1 aliphatic heterocycles. The van der Waals surface area contributed by atoms with Crippen LogP contribution in [0.1, 0.15) is 52.4 Å². The van der Waals surface area contributed by atoms with E-state index in [9.17, 15) is 18.4 Å². The number of rotatable bonds is 7. The van der Waals surface area contributed by atoms with Gasteiger partial charge in [-0.25, -0.2) is 14.6 Å². The van der Waals surface area contributed by atoms with Crippen molar-refractivity contribution in [3.8, 4) is 0 Å². The molecular formula is C25H25ClF2N8O2S. The van der Waals surface area contributed by atoms with Gasteiger partial charge in [0, 0.05) is 31.0 Å². The number of amides is 1. The summed E-state index contributed by atoms with van der Waals surface area (Å²) in [5.74, 6) is -0.0472. The number of hydrogen-bond donors (Lipinski definition) is 2. The van der Waals surface area contributed by atoms with E-state index in [2.05, 4.69) is 20.1 Å². The van der Waals surface area contributed by atoms with Gasteiger partial charge in [0.15, 0.2) is 5.69 Å². The highest BCUT2D eigenvalue weighted by molar-refractivity contribution is 7.97. The van der Waals surface area contributed by atoms with Crippen LogP contribution in [0.5, 0.6) is 0 Å². The minimum absolute atomic E-state index is 0.133. The summed E-state index contributed by atoms with van der Waals surface area (Å²) < 4.78 is 31.6. The molecule has 3 aromatic heterocycles. The van der Waals surface area contributed by atoms with Crippen LogP contribution >= 0.6 is 23.5 Å². The lowest BCUT2D eigenvalue weighted by Gasteiger charge is -2.23. The smallest absolute Gasteiger partial charge is 0.333 e. The molecule has 1 aliphatic rings. The number of pyridine rings is 1. The zero-order chi connectivity index (χ0) is 28.0. The number of aryl methyl sites for hydroxylation is 1. The number of anilines is 2. The maximum Gasteiger partial charge on any atom is 0.333 e. The molecule has 1 unspecified atom stereocenters. The molecule has 10 nitrogen and oxygen atoms in total. The molecule has 1 aromatic carbocycles. The predicted octanol–water partition coefficient (Wildman–Crippen LogP) is 4.58. The van der Waals surface area contributed by atoms with E-state index < -0.39 is 18.5 Å². The number of nitrogens with one attached hydrogen (secondary N) is 2. The van der Waals surface area contributed by atoms with Crippen molar-refractivity contribution in [3.05, 3.63) is 74.0 Å². The van der Waals surface area contributed by atoms with Crippen LogP contribution in [0.4, 0.5) is 20.4 Å². The standard InChI is InChI=1S/C25H25ClF2N8O2S/c1-12-7-15(13(2)30-17-5-6-19(26)31-21(17)22(37)33-39-4)20-16(8-12)23(38)34(3)25(32-20)35-10-14-9-29-36(24(27)28)18(14)11-35/h5-9,13,24,30H,10-11H2,1-4H3,(H,33,37). The average molecular weight is 575 g/mol. The Hall–Kier alpha value is -3.71. The number of alkyl halides is 2. The third kappa shape index (κ3) is 4.91. The lowest BCUT2D eigenvalue weighted by atomic mass is 10.0. The van der Waals surface area contributed by atoms with E-state index in [1.54, 1.807) is 36.4 Å². The minimum atomic E-state index is -2.76. The van der Waals surface area contributed by atoms with Crippen molar-refractivity contribution < 1.29 is 13.6 Å². The van der Waals surface area contributed by atoms with E-state index in [0.29, 0.717) is 45.0 Å². The number of nitrogens with zero attached hydrogens (tertiary/aromatic N) is 6. The second kappa shape index (κ2) is 10.5. The Kier molecular flexibility index (Phi) is 7.21. The lowest BCUT2D eigenvalue weighted by molar-refractivity contribution is 0.0537. The van der Waals surface area contributed by atoms with Gasteiger partial charge in [0.25, 0.3) is 11.5 Å². The number of carbonyl (C=O) groups is 1. The van der Waals surface area contributed by atoms with E-state index in [-0.39, 0.29) is 23.0 Å². The van der Waals surface area contributed by atoms with E-state index >= 15 is 0 Å². The Bertz CT molecular complexity index is 1660. The zero-order valence-electron chi connectivity index (χ0n) is 21.5. The molecule has 14 heteroatoms. The third-order valence-corrected chi connectivity index (χ3v) is 7.19. The first-order valence-corrected chi connectivity index (χ1v) is 13.5. The van der Waals surface area contributed by atoms with Crippen molar-refractivity contribution in [1.29, 1.82) is 0 Å². The number of fused-ring (bicyclic) bond motifs is 2. The molecule has 0 bridgehead atoms. The van der Waals surface area contributed by atoms with Crippen LogP contribution < -0.4 is 20.5 Å². The van der Waals surface area contributed by atoms with Gasteiger partial charge in [-0.3, -0.25) is 18.9 Å². The van der Waals surface area contributed by atoms with Crippen molar-refractivity contribution in [1.82, 2.24) is 29.0 Å². The summed E-state index contributed by atoms with van der Waals surface area (Å²) in [7, 11) is 1.62. The van der Waals surface area contributed by atoms with Crippen molar-refractivity contribution in [2.24, 2.45) is 7.05 Å². The third-order valence-electron chi connectivity index (χ3n) is 6.59. The number of carbonyl (C=O) groups excluding carboxylic acids is 1. The van der Waals surface area contributed by atoms with E-state index in [1.807, 2.05) is 19.9 Å². The Morgan fingerprint density at radius 2 is 1.97 bits per heavy atom. The summed E-state index contributed by atoms with van der Waals surface area (Å²) in [5, 5.41) is 7.70. The van der Waals surface area contributed by atoms with Crippen LogP contribution in [0.2, 0.25) is 5.15 Å². The fourth-order valence-electron chi connectivity index (χ4n) is 4.81. The van der Waals surface area contributed by atoms with Crippen LogP contribution in [-0.4, -0.2) is 36.5 Å². The monoisotopic (exact) mass is 574 g/mol. The molecule has 0 spiro atoms. The first kappa shape index (κ1) is 26.9. The second-order valence-corrected chi connectivity index (χ2v) is 10.3. The van der Waals surface area contributed by atoms with Crippen molar-refractivity contribution in [3.63, 3.8) is 0 Å². The Balaban J connectivity index is 1.56. The van der Waals surface area contributed by atoms with Crippen LogP contribution in [0.3, 0.4) is 0 Å². The summed E-state index contributed by atoms with van der Waals surface area (Å²) in [6, 6.07) is 6.56. The van der Waals surface area contributed by atoms with Gasteiger partial charge in [-0.05, 0) is 37.6 Å². The molecule has 2 N–H and O–H groups in total.